The van der Waals surface area contributed by atoms with E-state index in [-0.39, 0.29) is 22.2 Å². The fourth-order valence-electron chi connectivity index (χ4n) is 9.25. The van der Waals surface area contributed by atoms with Gasteiger partial charge in [0.15, 0.2) is 0 Å². The molecule has 49 heavy (non-hydrogen) atoms. The van der Waals surface area contributed by atoms with Gasteiger partial charge in [0.25, 0.3) is 0 Å². The highest BCUT2D eigenvalue weighted by Gasteiger charge is 2.49. The molecule has 0 fully saturated rings. The summed E-state index contributed by atoms with van der Waals surface area (Å²) in [6.07, 6.45) is 3.67. The molecule has 0 nitrogen and oxygen atoms in total. The predicted molar refractivity (Wildman–Crippen MR) is 218 cm³/mol. The van der Waals surface area contributed by atoms with Crippen LogP contribution in [0.1, 0.15) is 134 Å². The quantitative estimate of drug-likeness (QED) is 0.191. The van der Waals surface area contributed by atoms with Gasteiger partial charge in [-0.1, -0.05) is 173 Å². The third-order valence-electron chi connectivity index (χ3n) is 11.9. The standard InChI is InChI=1S/C48H58Si/c1-28(2)38-27-39-36(30-18-20-33(21-19-30)46(4,5)6)16-15-17-37(39)43(38)40-25-31-22-29(3)44-41(31)42(45(40)49(44,13)14)32-23-34(47(7,8)9)26-35(24-32)48(10,11)12/h15-21,23-28,43H,22H2,1-14H3. The monoisotopic (exact) mass is 662 g/mol. The van der Waals surface area contributed by atoms with Crippen molar-refractivity contribution in [2.75, 3.05) is 0 Å². The minimum Gasteiger partial charge on any atom is -0.0686 e. The van der Waals surface area contributed by atoms with Crippen molar-refractivity contribution in [3.05, 3.63) is 122 Å². The maximum absolute atomic E-state index is 2.67. The molecule has 3 aliphatic rings. The Hall–Kier alpha value is -3.42. The SMILES string of the molecule is CC1=C2c3c(cc(C4C(C(C)C)=Cc5c(-c6ccc(C(C)(C)C)cc6)cccc54)c(c3-c3cc(C(C)(C)C)cc(C(C)(C)C)c3)[Si]2(C)C)C1. The molecule has 1 atom stereocenters. The Morgan fingerprint density at radius 2 is 1.24 bits per heavy atom. The van der Waals surface area contributed by atoms with E-state index in [1.165, 1.54) is 44.5 Å². The number of fused-ring (bicyclic) bond motifs is 2. The summed E-state index contributed by atoms with van der Waals surface area (Å²) in [7, 11) is -2.01. The lowest BCUT2D eigenvalue weighted by atomic mass is 9.77. The molecule has 2 bridgehead atoms. The van der Waals surface area contributed by atoms with Crippen LogP contribution in [0.3, 0.4) is 0 Å². The number of benzene rings is 4. The second-order valence-electron chi connectivity index (χ2n) is 19.4. The van der Waals surface area contributed by atoms with E-state index in [0.717, 1.165) is 6.42 Å². The highest BCUT2D eigenvalue weighted by atomic mass is 28.3. The molecular weight excluding hydrogens is 605 g/mol. The van der Waals surface area contributed by atoms with E-state index in [0.29, 0.717) is 5.92 Å². The average molecular weight is 663 g/mol. The molecule has 0 N–H and O–H groups in total. The molecule has 1 heteroatoms. The minimum absolute atomic E-state index is 0.0754. The fourth-order valence-corrected chi connectivity index (χ4v) is 13.4. The predicted octanol–water partition coefficient (Wildman–Crippen LogP) is 12.9. The topological polar surface area (TPSA) is 0 Å². The molecule has 1 unspecified atom stereocenters. The van der Waals surface area contributed by atoms with Gasteiger partial charge in [-0.2, -0.15) is 0 Å². The molecule has 0 amide bonds. The third-order valence-corrected chi connectivity index (χ3v) is 15.6. The molecule has 2 aliphatic carbocycles. The van der Waals surface area contributed by atoms with Crippen LogP contribution in [-0.4, -0.2) is 8.07 Å². The molecule has 254 valence electrons. The van der Waals surface area contributed by atoms with E-state index in [2.05, 4.69) is 169 Å². The highest BCUT2D eigenvalue weighted by molar-refractivity contribution is 7.07. The number of allylic oxidation sites excluding steroid dienone is 2. The zero-order valence-corrected chi connectivity index (χ0v) is 33.8. The van der Waals surface area contributed by atoms with Crippen LogP contribution in [0.2, 0.25) is 13.1 Å². The Balaban J connectivity index is 1.50. The lowest BCUT2D eigenvalue weighted by Crippen LogP contribution is -2.43. The van der Waals surface area contributed by atoms with Crippen LogP contribution in [0.15, 0.2) is 77.9 Å². The highest BCUT2D eigenvalue weighted by Crippen LogP contribution is 2.55. The van der Waals surface area contributed by atoms with Gasteiger partial charge in [-0.15, -0.1) is 0 Å². The van der Waals surface area contributed by atoms with Gasteiger partial charge in [-0.25, -0.2) is 0 Å². The van der Waals surface area contributed by atoms with Crippen molar-refractivity contribution in [1.82, 2.24) is 0 Å². The molecular formula is C48H58Si. The van der Waals surface area contributed by atoms with Gasteiger partial charge in [0.2, 0.25) is 0 Å². The van der Waals surface area contributed by atoms with E-state index in [9.17, 15) is 0 Å². The van der Waals surface area contributed by atoms with Crippen molar-refractivity contribution in [2.24, 2.45) is 5.92 Å². The van der Waals surface area contributed by atoms with Gasteiger partial charge in [-0.3, -0.25) is 0 Å². The first-order valence-electron chi connectivity index (χ1n) is 18.7. The molecule has 0 spiro atoms. The molecule has 0 saturated carbocycles. The van der Waals surface area contributed by atoms with Crippen LogP contribution in [0.25, 0.3) is 33.5 Å². The summed E-state index contributed by atoms with van der Waals surface area (Å²) in [5, 5.41) is 3.41. The summed E-state index contributed by atoms with van der Waals surface area (Å²) in [5.74, 6) is 0.734. The summed E-state index contributed by atoms with van der Waals surface area (Å²) in [4.78, 5) is 0. The zero-order valence-electron chi connectivity index (χ0n) is 32.8. The normalized spacial score (nSPS) is 18.1. The second kappa shape index (κ2) is 11.0. The Morgan fingerprint density at radius 1 is 0.653 bits per heavy atom. The number of hydrogen-bond donors (Lipinski definition) is 0. The molecule has 4 aromatic rings. The Morgan fingerprint density at radius 3 is 1.80 bits per heavy atom. The zero-order chi connectivity index (χ0) is 35.6. The summed E-state index contributed by atoms with van der Waals surface area (Å²) in [5.41, 5.74) is 21.1. The van der Waals surface area contributed by atoms with E-state index in [1.54, 1.807) is 43.8 Å². The molecule has 0 radical (unpaired) electrons. The first-order chi connectivity index (χ1) is 22.7. The lowest BCUT2D eigenvalue weighted by Gasteiger charge is -2.30. The summed E-state index contributed by atoms with van der Waals surface area (Å²) >= 11 is 0. The molecule has 0 saturated heterocycles. The van der Waals surface area contributed by atoms with Gasteiger partial charge < -0.3 is 0 Å². The average Bonchev–Trinajstić information content (AvgIpc) is 3.62. The van der Waals surface area contributed by atoms with Crippen molar-refractivity contribution in [3.63, 3.8) is 0 Å². The Kier molecular flexibility index (Phi) is 7.67. The van der Waals surface area contributed by atoms with Crippen LogP contribution in [0.4, 0.5) is 0 Å². The van der Waals surface area contributed by atoms with Gasteiger partial charge in [0, 0.05) is 5.92 Å². The van der Waals surface area contributed by atoms with E-state index >= 15 is 0 Å². The van der Waals surface area contributed by atoms with E-state index in [4.69, 9.17) is 0 Å². The number of rotatable bonds is 4. The molecule has 4 aromatic carbocycles. The second-order valence-corrected chi connectivity index (χ2v) is 23.6. The Bertz CT molecular complexity index is 2040. The van der Waals surface area contributed by atoms with Crippen molar-refractivity contribution < 1.29 is 0 Å². The van der Waals surface area contributed by atoms with Crippen molar-refractivity contribution in [3.8, 4) is 22.3 Å². The maximum Gasteiger partial charge on any atom is 0.114 e. The molecule has 7 rings (SSSR count). The lowest BCUT2D eigenvalue weighted by molar-refractivity contribution is 0.569. The Labute approximate surface area is 298 Å². The van der Waals surface area contributed by atoms with Gasteiger partial charge in [0.05, 0.1) is 0 Å². The van der Waals surface area contributed by atoms with Crippen LogP contribution >= 0.6 is 0 Å². The van der Waals surface area contributed by atoms with E-state index in [1.807, 2.05) is 0 Å². The molecule has 1 heterocycles. The van der Waals surface area contributed by atoms with Crippen LogP contribution < -0.4 is 5.19 Å². The summed E-state index contributed by atoms with van der Waals surface area (Å²) in [6, 6.07) is 26.7. The maximum atomic E-state index is 2.67. The van der Waals surface area contributed by atoms with Crippen LogP contribution in [0.5, 0.6) is 0 Å². The molecule has 0 aromatic heterocycles. The van der Waals surface area contributed by atoms with Crippen molar-refractivity contribution in [2.45, 2.75) is 125 Å². The van der Waals surface area contributed by atoms with Crippen LogP contribution in [0, 0.1) is 5.92 Å². The van der Waals surface area contributed by atoms with Crippen molar-refractivity contribution >= 4 is 24.5 Å². The smallest absolute Gasteiger partial charge is 0.0686 e. The largest absolute Gasteiger partial charge is 0.114 e. The fraction of sp³-hybridized carbons (Fsp3) is 0.417. The first-order valence-corrected chi connectivity index (χ1v) is 21.7. The van der Waals surface area contributed by atoms with Gasteiger partial charge in [-0.05, 0) is 113 Å². The summed E-state index contributed by atoms with van der Waals surface area (Å²) < 4.78 is 0. The summed E-state index contributed by atoms with van der Waals surface area (Å²) in [6.45, 7) is 33.7. The van der Waals surface area contributed by atoms with Crippen molar-refractivity contribution in [1.29, 1.82) is 0 Å². The van der Waals surface area contributed by atoms with Gasteiger partial charge >= 0.3 is 0 Å². The van der Waals surface area contributed by atoms with Gasteiger partial charge in [0.1, 0.15) is 8.07 Å². The van der Waals surface area contributed by atoms with E-state index < -0.39 is 8.07 Å². The molecule has 1 aliphatic heterocycles. The third kappa shape index (κ3) is 5.38. The van der Waals surface area contributed by atoms with Crippen LogP contribution in [-0.2, 0) is 22.7 Å². The number of hydrogen-bond acceptors (Lipinski definition) is 0. The first kappa shape index (κ1) is 34.0. The minimum atomic E-state index is -2.01.